The standard InChI is InChI=1S/C23H27NO7/c1-11(2)21-22(28)16-6-20(31-14-3-12(4-14)9-25)13(10-26)5-15(16)18-7-19(27)17(23(29)30)8-24(18)21/h5-8,11-12,14,21-22,25-26,28H,3-4,9-10H2,1-2H3,(H,29,30)/t12?,14?,21-,22?/m1/s1. The SMILES string of the molecule is CC(C)[C@@H]1C(O)c2cc(OC3CC(CO)C3)c(CO)cc2-c2cc(=O)c(C(=O)O)cn21. The summed E-state index contributed by atoms with van der Waals surface area (Å²) in [5, 5.41) is 39.7. The monoisotopic (exact) mass is 429 g/mol. The molecule has 8 nitrogen and oxygen atoms in total. The molecule has 1 unspecified atom stereocenters. The molecule has 0 amide bonds. The Kier molecular flexibility index (Phi) is 5.63. The minimum absolute atomic E-state index is 0.0510. The van der Waals surface area contributed by atoms with Crippen molar-refractivity contribution in [3.8, 4) is 17.0 Å². The second-order valence-electron chi connectivity index (χ2n) is 8.79. The van der Waals surface area contributed by atoms with Crippen molar-refractivity contribution in [3.63, 3.8) is 0 Å². The van der Waals surface area contributed by atoms with Crippen LogP contribution in [-0.2, 0) is 6.61 Å². The van der Waals surface area contributed by atoms with Crippen molar-refractivity contribution in [1.29, 1.82) is 0 Å². The minimum Gasteiger partial charge on any atom is -0.490 e. The van der Waals surface area contributed by atoms with E-state index in [9.17, 15) is 30.0 Å². The van der Waals surface area contributed by atoms with E-state index in [2.05, 4.69) is 0 Å². The number of ether oxygens (including phenoxy) is 1. The van der Waals surface area contributed by atoms with Crippen LogP contribution in [0.5, 0.6) is 5.75 Å². The van der Waals surface area contributed by atoms with Gasteiger partial charge in [-0.15, -0.1) is 0 Å². The largest absolute Gasteiger partial charge is 0.490 e. The average molecular weight is 429 g/mol. The molecule has 1 aromatic heterocycles. The first kappa shape index (κ1) is 21.5. The molecule has 2 atom stereocenters. The van der Waals surface area contributed by atoms with Crippen LogP contribution in [0.3, 0.4) is 0 Å². The highest BCUT2D eigenvalue weighted by molar-refractivity contribution is 5.88. The van der Waals surface area contributed by atoms with E-state index in [4.69, 9.17) is 4.74 Å². The molecule has 8 heteroatoms. The Morgan fingerprint density at radius 2 is 1.94 bits per heavy atom. The quantitative estimate of drug-likeness (QED) is 0.553. The third kappa shape index (κ3) is 3.64. The molecule has 2 aromatic rings. The van der Waals surface area contributed by atoms with E-state index in [1.54, 1.807) is 16.7 Å². The predicted molar refractivity (Wildman–Crippen MR) is 112 cm³/mol. The van der Waals surface area contributed by atoms with Crippen LogP contribution in [0.15, 0.2) is 29.2 Å². The number of fused-ring (bicyclic) bond motifs is 3. The number of aliphatic hydroxyl groups excluding tert-OH is 3. The molecular formula is C23H27NO7. The third-order valence-corrected chi connectivity index (χ3v) is 6.38. The maximum Gasteiger partial charge on any atom is 0.341 e. The zero-order valence-electron chi connectivity index (χ0n) is 17.5. The lowest BCUT2D eigenvalue weighted by molar-refractivity contribution is 0.0306. The molecule has 2 heterocycles. The number of carboxylic acids is 1. The molecule has 1 aromatic carbocycles. The van der Waals surface area contributed by atoms with Gasteiger partial charge in [-0.05, 0) is 42.4 Å². The van der Waals surface area contributed by atoms with Crippen LogP contribution in [0.4, 0.5) is 0 Å². The normalized spacial score (nSPS) is 24.3. The summed E-state index contributed by atoms with van der Waals surface area (Å²) in [5.74, 6) is -0.671. The van der Waals surface area contributed by atoms with Crippen molar-refractivity contribution in [1.82, 2.24) is 4.57 Å². The van der Waals surface area contributed by atoms with E-state index in [0.717, 1.165) is 12.8 Å². The number of hydrogen-bond donors (Lipinski definition) is 4. The fraction of sp³-hybridized carbons (Fsp3) is 0.478. The Balaban J connectivity index is 1.84. The highest BCUT2D eigenvalue weighted by atomic mass is 16.5. The fourth-order valence-electron chi connectivity index (χ4n) is 4.63. The van der Waals surface area contributed by atoms with Gasteiger partial charge in [-0.25, -0.2) is 4.79 Å². The number of aliphatic hydroxyl groups is 3. The first-order chi connectivity index (χ1) is 14.7. The maximum absolute atomic E-state index is 12.4. The summed E-state index contributed by atoms with van der Waals surface area (Å²) < 4.78 is 7.70. The van der Waals surface area contributed by atoms with Crippen LogP contribution in [0.2, 0.25) is 0 Å². The molecule has 4 N–H and O–H groups in total. The van der Waals surface area contributed by atoms with E-state index < -0.39 is 23.5 Å². The molecule has 31 heavy (non-hydrogen) atoms. The van der Waals surface area contributed by atoms with Crippen LogP contribution in [0.25, 0.3) is 11.3 Å². The molecule has 2 aliphatic rings. The summed E-state index contributed by atoms with van der Waals surface area (Å²) in [6.07, 6.45) is 1.74. The highest BCUT2D eigenvalue weighted by Crippen LogP contribution is 2.46. The van der Waals surface area contributed by atoms with Gasteiger partial charge in [0.25, 0.3) is 0 Å². The molecule has 0 bridgehead atoms. The number of benzene rings is 1. The summed E-state index contributed by atoms with van der Waals surface area (Å²) in [7, 11) is 0. The van der Waals surface area contributed by atoms with Gasteiger partial charge >= 0.3 is 5.97 Å². The van der Waals surface area contributed by atoms with Crippen LogP contribution < -0.4 is 10.2 Å². The van der Waals surface area contributed by atoms with Gasteiger partial charge in [-0.2, -0.15) is 0 Å². The first-order valence-electron chi connectivity index (χ1n) is 10.5. The number of hydrogen-bond acceptors (Lipinski definition) is 6. The zero-order chi connectivity index (χ0) is 22.4. The molecule has 0 radical (unpaired) electrons. The summed E-state index contributed by atoms with van der Waals surface area (Å²) >= 11 is 0. The van der Waals surface area contributed by atoms with Crippen molar-refractivity contribution < 1.29 is 30.0 Å². The van der Waals surface area contributed by atoms with Crippen LogP contribution in [0.1, 0.15) is 60.3 Å². The number of carbonyl (C=O) groups is 1. The van der Waals surface area contributed by atoms with Gasteiger partial charge in [0.1, 0.15) is 17.4 Å². The van der Waals surface area contributed by atoms with E-state index in [1.165, 1.54) is 12.3 Å². The Hall–Kier alpha value is -2.68. The number of rotatable bonds is 6. The number of pyridine rings is 1. The number of carboxylic acid groups (broad SMARTS) is 1. The number of aromatic carboxylic acids is 1. The zero-order valence-corrected chi connectivity index (χ0v) is 17.5. The lowest BCUT2D eigenvalue weighted by Gasteiger charge is -2.38. The third-order valence-electron chi connectivity index (χ3n) is 6.38. The summed E-state index contributed by atoms with van der Waals surface area (Å²) in [5.41, 5.74) is 1.19. The second kappa shape index (κ2) is 8.11. The molecule has 1 fully saturated rings. The fourth-order valence-corrected chi connectivity index (χ4v) is 4.63. The van der Waals surface area contributed by atoms with Crippen LogP contribution in [-0.4, -0.2) is 43.7 Å². The van der Waals surface area contributed by atoms with Crippen LogP contribution in [0, 0.1) is 11.8 Å². The van der Waals surface area contributed by atoms with Gasteiger partial charge in [-0.3, -0.25) is 4.79 Å². The van der Waals surface area contributed by atoms with Crippen molar-refractivity contribution >= 4 is 5.97 Å². The highest BCUT2D eigenvalue weighted by Gasteiger charge is 2.36. The molecular weight excluding hydrogens is 402 g/mol. The first-order valence-corrected chi connectivity index (χ1v) is 10.5. The molecule has 0 saturated heterocycles. The molecule has 4 rings (SSSR count). The van der Waals surface area contributed by atoms with Crippen molar-refractivity contribution in [2.24, 2.45) is 11.8 Å². The summed E-state index contributed by atoms with van der Waals surface area (Å²) in [6, 6.07) is 4.21. The van der Waals surface area contributed by atoms with Gasteiger partial charge in [0, 0.05) is 30.0 Å². The van der Waals surface area contributed by atoms with Crippen molar-refractivity contribution in [3.05, 3.63) is 51.3 Å². The summed E-state index contributed by atoms with van der Waals surface area (Å²) in [4.78, 5) is 23.9. The van der Waals surface area contributed by atoms with Gasteiger partial charge in [-0.1, -0.05) is 13.8 Å². The van der Waals surface area contributed by atoms with Crippen molar-refractivity contribution in [2.45, 2.75) is 51.5 Å². The number of nitrogens with zero attached hydrogens (tertiary/aromatic N) is 1. The average Bonchev–Trinajstić information content (AvgIpc) is 2.69. The molecule has 166 valence electrons. The van der Waals surface area contributed by atoms with Gasteiger partial charge in [0.2, 0.25) is 0 Å². The topological polar surface area (TPSA) is 129 Å². The molecule has 0 spiro atoms. The smallest absolute Gasteiger partial charge is 0.341 e. The maximum atomic E-state index is 12.4. The lowest BCUT2D eigenvalue weighted by atomic mass is 9.82. The van der Waals surface area contributed by atoms with Gasteiger partial charge < -0.3 is 29.7 Å². The second-order valence-corrected chi connectivity index (χ2v) is 8.79. The van der Waals surface area contributed by atoms with E-state index in [0.29, 0.717) is 28.1 Å². The van der Waals surface area contributed by atoms with E-state index >= 15 is 0 Å². The van der Waals surface area contributed by atoms with E-state index in [1.807, 2.05) is 13.8 Å². The Labute approximate surface area is 179 Å². The van der Waals surface area contributed by atoms with Crippen LogP contribution >= 0.6 is 0 Å². The molecule has 1 aliphatic heterocycles. The van der Waals surface area contributed by atoms with Crippen molar-refractivity contribution in [2.75, 3.05) is 6.61 Å². The Morgan fingerprint density at radius 3 is 2.52 bits per heavy atom. The van der Waals surface area contributed by atoms with Gasteiger partial charge in [0.15, 0.2) is 5.43 Å². The lowest BCUT2D eigenvalue weighted by Crippen LogP contribution is -2.36. The summed E-state index contributed by atoms with van der Waals surface area (Å²) in [6.45, 7) is 3.67. The minimum atomic E-state index is -1.32. The Morgan fingerprint density at radius 1 is 1.23 bits per heavy atom. The van der Waals surface area contributed by atoms with Gasteiger partial charge in [0.05, 0.1) is 24.4 Å². The predicted octanol–water partition coefficient (Wildman–Crippen LogP) is 2.10. The molecule has 1 saturated carbocycles. The molecule has 1 aliphatic carbocycles. The van der Waals surface area contributed by atoms with E-state index in [-0.39, 0.29) is 36.7 Å². The Bertz CT molecular complexity index is 1070. The number of aromatic nitrogens is 1.